The summed E-state index contributed by atoms with van der Waals surface area (Å²) in [6.45, 7) is 0. The molecule has 4 rings (SSSR count). The highest BCUT2D eigenvalue weighted by atomic mass is 16.2. The Bertz CT molecular complexity index is 583. The first-order valence-corrected chi connectivity index (χ1v) is 6.43. The summed E-state index contributed by atoms with van der Waals surface area (Å²) in [4.78, 5) is 16.3. The molecule has 1 N–H and O–H groups in total. The maximum Gasteiger partial charge on any atom is 0.249 e. The molecule has 2 aromatic heterocycles. The van der Waals surface area contributed by atoms with Crippen molar-refractivity contribution < 1.29 is 4.79 Å². The molecule has 2 saturated carbocycles. The molecule has 18 heavy (non-hydrogen) atoms. The summed E-state index contributed by atoms with van der Waals surface area (Å²) in [5, 5.41) is 7.05. The van der Waals surface area contributed by atoms with Crippen molar-refractivity contribution in [1.29, 1.82) is 0 Å². The lowest BCUT2D eigenvalue weighted by molar-refractivity contribution is -0.117. The number of carbonyl (C=O) groups is 1. The van der Waals surface area contributed by atoms with E-state index in [9.17, 15) is 4.79 Å². The number of nitrogens with one attached hydrogen (secondary N) is 1. The summed E-state index contributed by atoms with van der Waals surface area (Å²) in [6, 6.07) is 5.66. The van der Waals surface area contributed by atoms with E-state index in [0.29, 0.717) is 11.9 Å². The monoisotopic (exact) mass is 242 g/mol. The van der Waals surface area contributed by atoms with E-state index in [0.717, 1.165) is 18.0 Å². The van der Waals surface area contributed by atoms with Crippen molar-refractivity contribution in [2.45, 2.75) is 19.3 Å². The zero-order valence-electron chi connectivity index (χ0n) is 9.91. The Kier molecular flexibility index (Phi) is 1.98. The molecule has 2 aromatic rings. The second-order valence-electron chi connectivity index (χ2n) is 5.27. The van der Waals surface area contributed by atoms with E-state index < -0.39 is 0 Å². The van der Waals surface area contributed by atoms with E-state index in [2.05, 4.69) is 15.4 Å². The van der Waals surface area contributed by atoms with Gasteiger partial charge in [-0.15, -0.1) is 5.10 Å². The van der Waals surface area contributed by atoms with E-state index in [1.165, 1.54) is 12.8 Å². The fraction of sp³-hybridized carbons (Fsp3) is 0.462. The standard InChI is InChI=1S/C13H14N4O/c18-12(10-7-9(10)8-4-5-8)15-13-14-11-3-1-2-6-17(11)16-13/h1-3,6,8-10H,4-5,7H2,(H,15,16,18). The van der Waals surface area contributed by atoms with Gasteiger partial charge in [-0.1, -0.05) is 6.07 Å². The van der Waals surface area contributed by atoms with Crippen molar-refractivity contribution in [3.63, 3.8) is 0 Å². The van der Waals surface area contributed by atoms with Gasteiger partial charge in [0.2, 0.25) is 11.9 Å². The summed E-state index contributed by atoms with van der Waals surface area (Å²) < 4.78 is 1.67. The molecule has 0 radical (unpaired) electrons. The number of carbonyl (C=O) groups excluding carboxylic acids is 1. The normalized spacial score (nSPS) is 26.2. The predicted octanol–water partition coefficient (Wildman–Crippen LogP) is 1.71. The van der Waals surface area contributed by atoms with Crippen LogP contribution in [0.1, 0.15) is 19.3 Å². The number of fused-ring (bicyclic) bond motifs is 1. The summed E-state index contributed by atoms with van der Waals surface area (Å²) in [5.74, 6) is 2.14. The molecule has 0 spiro atoms. The molecule has 2 atom stereocenters. The van der Waals surface area contributed by atoms with E-state index >= 15 is 0 Å². The molecule has 92 valence electrons. The number of pyridine rings is 1. The van der Waals surface area contributed by atoms with Crippen LogP contribution in [-0.2, 0) is 4.79 Å². The number of nitrogens with zero attached hydrogens (tertiary/aromatic N) is 3. The van der Waals surface area contributed by atoms with Crippen LogP contribution < -0.4 is 5.32 Å². The zero-order chi connectivity index (χ0) is 12.1. The molecule has 0 aromatic carbocycles. The topological polar surface area (TPSA) is 59.3 Å². The van der Waals surface area contributed by atoms with E-state index in [1.54, 1.807) is 4.52 Å². The lowest BCUT2D eigenvalue weighted by Gasteiger charge is -1.98. The Labute approximate surface area is 104 Å². The first kappa shape index (κ1) is 10.1. The first-order valence-electron chi connectivity index (χ1n) is 6.43. The highest BCUT2D eigenvalue weighted by Gasteiger charge is 2.51. The molecule has 2 fully saturated rings. The molecule has 2 aliphatic rings. The number of amides is 1. The molecule has 2 aliphatic carbocycles. The second-order valence-corrected chi connectivity index (χ2v) is 5.27. The van der Waals surface area contributed by atoms with Crippen LogP contribution in [0.5, 0.6) is 0 Å². The number of anilines is 1. The van der Waals surface area contributed by atoms with Gasteiger partial charge in [-0.25, -0.2) is 4.52 Å². The average molecular weight is 242 g/mol. The summed E-state index contributed by atoms with van der Waals surface area (Å²) in [6.07, 6.45) is 5.48. The lowest BCUT2D eigenvalue weighted by Crippen LogP contribution is -2.16. The van der Waals surface area contributed by atoms with Crippen molar-refractivity contribution in [3.8, 4) is 0 Å². The summed E-state index contributed by atoms with van der Waals surface area (Å²) in [5.41, 5.74) is 0.752. The predicted molar refractivity (Wildman–Crippen MR) is 65.9 cm³/mol. The molecular weight excluding hydrogens is 228 g/mol. The van der Waals surface area contributed by atoms with E-state index in [-0.39, 0.29) is 11.8 Å². The SMILES string of the molecule is O=C(Nc1nc2ccccn2n1)C1CC1C1CC1. The minimum Gasteiger partial charge on any atom is -0.293 e. The fourth-order valence-corrected chi connectivity index (χ4v) is 2.65. The minimum atomic E-state index is 0.0859. The second kappa shape index (κ2) is 3.54. The third-order valence-electron chi connectivity index (χ3n) is 3.88. The molecular formula is C13H14N4O. The highest BCUT2D eigenvalue weighted by molar-refractivity contribution is 5.93. The number of aromatic nitrogens is 3. The molecule has 0 saturated heterocycles. The van der Waals surface area contributed by atoms with Gasteiger partial charge in [0.05, 0.1) is 0 Å². The molecule has 2 heterocycles. The molecule has 1 amide bonds. The van der Waals surface area contributed by atoms with Gasteiger partial charge in [0, 0.05) is 12.1 Å². The fourth-order valence-electron chi connectivity index (χ4n) is 2.65. The number of hydrogen-bond acceptors (Lipinski definition) is 3. The van der Waals surface area contributed by atoms with Crippen LogP contribution in [0.4, 0.5) is 5.95 Å². The Balaban J connectivity index is 1.48. The Morgan fingerprint density at radius 2 is 2.28 bits per heavy atom. The van der Waals surface area contributed by atoms with Crippen molar-refractivity contribution >= 4 is 17.5 Å². The largest absolute Gasteiger partial charge is 0.293 e. The van der Waals surface area contributed by atoms with Crippen LogP contribution in [0.2, 0.25) is 0 Å². The van der Waals surface area contributed by atoms with Crippen LogP contribution in [0, 0.1) is 17.8 Å². The molecule has 5 heteroatoms. The van der Waals surface area contributed by atoms with Crippen molar-refractivity contribution in [2.24, 2.45) is 17.8 Å². The Morgan fingerprint density at radius 3 is 3.06 bits per heavy atom. The Hall–Kier alpha value is -1.91. The lowest BCUT2D eigenvalue weighted by atomic mass is 10.2. The number of rotatable bonds is 3. The Morgan fingerprint density at radius 1 is 1.39 bits per heavy atom. The molecule has 5 nitrogen and oxygen atoms in total. The summed E-state index contributed by atoms with van der Waals surface area (Å²) >= 11 is 0. The quantitative estimate of drug-likeness (QED) is 0.891. The molecule has 0 aliphatic heterocycles. The molecule has 2 unspecified atom stereocenters. The van der Waals surface area contributed by atoms with Crippen LogP contribution in [0.15, 0.2) is 24.4 Å². The van der Waals surface area contributed by atoms with Crippen molar-refractivity contribution in [2.75, 3.05) is 5.32 Å². The van der Waals surface area contributed by atoms with Gasteiger partial charge in [-0.05, 0) is 43.2 Å². The van der Waals surface area contributed by atoms with Crippen LogP contribution in [-0.4, -0.2) is 20.5 Å². The van der Waals surface area contributed by atoms with Crippen molar-refractivity contribution in [3.05, 3.63) is 24.4 Å². The van der Waals surface area contributed by atoms with Crippen molar-refractivity contribution in [1.82, 2.24) is 14.6 Å². The zero-order valence-corrected chi connectivity index (χ0v) is 9.91. The van der Waals surface area contributed by atoms with Crippen LogP contribution in [0.25, 0.3) is 5.65 Å². The maximum absolute atomic E-state index is 12.0. The van der Waals surface area contributed by atoms with Crippen LogP contribution in [0.3, 0.4) is 0 Å². The van der Waals surface area contributed by atoms with Crippen LogP contribution >= 0.6 is 0 Å². The molecule has 0 bridgehead atoms. The van der Waals surface area contributed by atoms with E-state index in [1.807, 2.05) is 24.4 Å². The van der Waals surface area contributed by atoms with Gasteiger partial charge in [-0.3, -0.25) is 10.1 Å². The smallest absolute Gasteiger partial charge is 0.249 e. The highest BCUT2D eigenvalue weighted by Crippen LogP contribution is 2.54. The van der Waals surface area contributed by atoms with Gasteiger partial charge in [-0.2, -0.15) is 4.98 Å². The van der Waals surface area contributed by atoms with E-state index in [4.69, 9.17) is 0 Å². The van der Waals surface area contributed by atoms with Gasteiger partial charge in [0.25, 0.3) is 0 Å². The van der Waals surface area contributed by atoms with Gasteiger partial charge in [0.15, 0.2) is 5.65 Å². The van der Waals surface area contributed by atoms with Gasteiger partial charge >= 0.3 is 0 Å². The third-order valence-corrected chi connectivity index (χ3v) is 3.88. The summed E-state index contributed by atoms with van der Waals surface area (Å²) in [7, 11) is 0. The van der Waals surface area contributed by atoms with Gasteiger partial charge in [0.1, 0.15) is 0 Å². The third kappa shape index (κ3) is 1.66. The van der Waals surface area contributed by atoms with Gasteiger partial charge < -0.3 is 0 Å². The number of hydrogen-bond donors (Lipinski definition) is 1. The average Bonchev–Trinajstić information content (AvgIpc) is 3.22. The maximum atomic E-state index is 12.0. The minimum absolute atomic E-state index is 0.0859. The first-order chi connectivity index (χ1) is 8.81.